The van der Waals surface area contributed by atoms with Crippen molar-refractivity contribution in [3.8, 4) is 0 Å². The zero-order chi connectivity index (χ0) is 9.40. The molecule has 0 amide bonds. The standard InChI is InChI=1S/C9H16O3/c1-3-8(6-5-7-10)9(11)12-4-2/h7-8H,3-6H2,1-2H3. The quantitative estimate of drug-likeness (QED) is 0.451. The molecule has 0 aliphatic rings. The number of esters is 1. The molecule has 0 aromatic rings. The van der Waals surface area contributed by atoms with E-state index < -0.39 is 0 Å². The summed E-state index contributed by atoms with van der Waals surface area (Å²) in [4.78, 5) is 21.2. The van der Waals surface area contributed by atoms with E-state index in [4.69, 9.17) is 4.74 Å². The Bertz CT molecular complexity index is 143. The number of carbonyl (C=O) groups is 2. The van der Waals surface area contributed by atoms with Crippen LogP contribution in [-0.2, 0) is 14.3 Å². The Morgan fingerprint density at radius 3 is 2.58 bits per heavy atom. The molecule has 0 aliphatic heterocycles. The number of aldehydes is 1. The molecule has 0 saturated heterocycles. The van der Waals surface area contributed by atoms with Crippen molar-refractivity contribution in [3.05, 3.63) is 0 Å². The smallest absolute Gasteiger partial charge is 0.308 e. The zero-order valence-electron chi connectivity index (χ0n) is 7.71. The second-order valence-corrected chi connectivity index (χ2v) is 2.60. The van der Waals surface area contributed by atoms with Crippen LogP contribution in [-0.4, -0.2) is 18.9 Å². The summed E-state index contributed by atoms with van der Waals surface area (Å²) in [6.45, 7) is 4.12. The Morgan fingerprint density at radius 2 is 2.17 bits per heavy atom. The summed E-state index contributed by atoms with van der Waals surface area (Å²) in [5.41, 5.74) is 0. The summed E-state index contributed by atoms with van der Waals surface area (Å²) in [5, 5.41) is 0. The highest BCUT2D eigenvalue weighted by Crippen LogP contribution is 2.11. The minimum absolute atomic E-state index is 0.102. The molecule has 0 heterocycles. The van der Waals surface area contributed by atoms with Crippen molar-refractivity contribution in [2.75, 3.05) is 6.61 Å². The van der Waals surface area contributed by atoms with Crippen LogP contribution in [0.1, 0.15) is 33.1 Å². The van der Waals surface area contributed by atoms with Gasteiger partial charge in [0.1, 0.15) is 6.29 Å². The lowest BCUT2D eigenvalue weighted by Crippen LogP contribution is -2.17. The van der Waals surface area contributed by atoms with Crippen LogP contribution < -0.4 is 0 Å². The highest BCUT2D eigenvalue weighted by molar-refractivity contribution is 5.72. The zero-order valence-corrected chi connectivity index (χ0v) is 7.71. The SMILES string of the molecule is CCOC(=O)C(CC)CCC=O. The van der Waals surface area contributed by atoms with Crippen LogP contribution in [0.5, 0.6) is 0 Å². The number of rotatable bonds is 6. The van der Waals surface area contributed by atoms with Gasteiger partial charge in [-0.3, -0.25) is 4.79 Å². The molecule has 0 radical (unpaired) electrons. The summed E-state index contributed by atoms with van der Waals surface area (Å²) in [6.07, 6.45) is 2.63. The molecule has 12 heavy (non-hydrogen) atoms. The molecule has 0 rings (SSSR count). The second-order valence-electron chi connectivity index (χ2n) is 2.60. The first kappa shape index (κ1) is 11.1. The van der Waals surface area contributed by atoms with E-state index in [1.54, 1.807) is 6.92 Å². The Balaban J connectivity index is 3.78. The van der Waals surface area contributed by atoms with E-state index in [0.717, 1.165) is 12.7 Å². The van der Waals surface area contributed by atoms with E-state index in [-0.39, 0.29) is 11.9 Å². The third-order valence-corrected chi connectivity index (χ3v) is 1.75. The van der Waals surface area contributed by atoms with Crippen molar-refractivity contribution in [2.45, 2.75) is 33.1 Å². The van der Waals surface area contributed by atoms with Gasteiger partial charge in [0.25, 0.3) is 0 Å². The molecule has 0 aliphatic carbocycles. The largest absolute Gasteiger partial charge is 0.466 e. The lowest BCUT2D eigenvalue weighted by atomic mass is 10.0. The highest BCUT2D eigenvalue weighted by atomic mass is 16.5. The van der Waals surface area contributed by atoms with E-state index in [9.17, 15) is 9.59 Å². The summed E-state index contributed by atoms with van der Waals surface area (Å²) in [6, 6.07) is 0. The summed E-state index contributed by atoms with van der Waals surface area (Å²) >= 11 is 0. The number of hydrogen-bond donors (Lipinski definition) is 0. The fraction of sp³-hybridized carbons (Fsp3) is 0.778. The normalized spacial score (nSPS) is 12.2. The Kier molecular flexibility index (Phi) is 6.34. The highest BCUT2D eigenvalue weighted by Gasteiger charge is 2.16. The van der Waals surface area contributed by atoms with Gasteiger partial charge < -0.3 is 9.53 Å². The molecule has 3 heteroatoms. The topological polar surface area (TPSA) is 43.4 Å². The minimum Gasteiger partial charge on any atom is -0.466 e. The number of carbonyl (C=O) groups excluding carboxylic acids is 2. The van der Waals surface area contributed by atoms with Gasteiger partial charge in [0, 0.05) is 6.42 Å². The van der Waals surface area contributed by atoms with E-state index in [2.05, 4.69) is 0 Å². The van der Waals surface area contributed by atoms with E-state index in [0.29, 0.717) is 19.4 Å². The van der Waals surface area contributed by atoms with E-state index >= 15 is 0 Å². The van der Waals surface area contributed by atoms with Crippen molar-refractivity contribution in [1.29, 1.82) is 0 Å². The maximum Gasteiger partial charge on any atom is 0.308 e. The minimum atomic E-state index is -0.179. The lowest BCUT2D eigenvalue weighted by Gasteiger charge is -2.10. The number of hydrogen-bond acceptors (Lipinski definition) is 3. The fourth-order valence-corrected chi connectivity index (χ4v) is 1.02. The maximum atomic E-state index is 11.1. The summed E-state index contributed by atoms with van der Waals surface area (Å²) < 4.78 is 4.84. The molecule has 3 nitrogen and oxygen atoms in total. The molecule has 1 unspecified atom stereocenters. The average molecular weight is 172 g/mol. The summed E-state index contributed by atoms with van der Waals surface area (Å²) in [7, 11) is 0. The van der Waals surface area contributed by atoms with Gasteiger partial charge >= 0.3 is 5.97 Å². The first-order valence-electron chi connectivity index (χ1n) is 4.36. The number of ether oxygens (including phenoxy) is 1. The molecule has 0 aromatic carbocycles. The summed E-state index contributed by atoms with van der Waals surface area (Å²) in [5.74, 6) is -0.281. The molecule has 0 bridgehead atoms. The van der Waals surface area contributed by atoms with Crippen molar-refractivity contribution in [3.63, 3.8) is 0 Å². The molecule has 0 fully saturated rings. The van der Waals surface area contributed by atoms with Gasteiger partial charge in [0.15, 0.2) is 0 Å². The van der Waals surface area contributed by atoms with Crippen LogP contribution in [0.4, 0.5) is 0 Å². The van der Waals surface area contributed by atoms with Gasteiger partial charge in [-0.25, -0.2) is 0 Å². The lowest BCUT2D eigenvalue weighted by molar-refractivity contribution is -0.148. The van der Waals surface area contributed by atoms with Gasteiger partial charge in [0.05, 0.1) is 12.5 Å². The van der Waals surface area contributed by atoms with Crippen LogP contribution >= 0.6 is 0 Å². The molecular formula is C9H16O3. The van der Waals surface area contributed by atoms with Gasteiger partial charge in [-0.05, 0) is 19.8 Å². The van der Waals surface area contributed by atoms with Gasteiger partial charge in [-0.15, -0.1) is 0 Å². The molecule has 70 valence electrons. The second kappa shape index (κ2) is 6.83. The molecule has 0 N–H and O–H groups in total. The van der Waals surface area contributed by atoms with E-state index in [1.807, 2.05) is 6.92 Å². The Labute approximate surface area is 73.1 Å². The molecular weight excluding hydrogens is 156 g/mol. The predicted molar refractivity (Wildman–Crippen MR) is 45.7 cm³/mol. The van der Waals surface area contributed by atoms with Crippen LogP contribution in [0.25, 0.3) is 0 Å². The molecule has 0 spiro atoms. The van der Waals surface area contributed by atoms with E-state index in [1.165, 1.54) is 0 Å². The molecule has 1 atom stereocenters. The van der Waals surface area contributed by atoms with Crippen molar-refractivity contribution >= 4 is 12.3 Å². The predicted octanol–water partition coefficient (Wildman–Crippen LogP) is 1.55. The van der Waals surface area contributed by atoms with Crippen molar-refractivity contribution in [2.24, 2.45) is 5.92 Å². The average Bonchev–Trinajstić information content (AvgIpc) is 2.06. The third kappa shape index (κ3) is 4.11. The van der Waals surface area contributed by atoms with Gasteiger partial charge in [-0.1, -0.05) is 6.92 Å². The van der Waals surface area contributed by atoms with Crippen LogP contribution in [0.15, 0.2) is 0 Å². The van der Waals surface area contributed by atoms with Gasteiger partial charge in [0.2, 0.25) is 0 Å². The Hall–Kier alpha value is -0.860. The molecule has 0 aromatic heterocycles. The van der Waals surface area contributed by atoms with Crippen LogP contribution in [0, 0.1) is 5.92 Å². The fourth-order valence-electron chi connectivity index (χ4n) is 1.02. The third-order valence-electron chi connectivity index (χ3n) is 1.75. The van der Waals surface area contributed by atoms with Gasteiger partial charge in [-0.2, -0.15) is 0 Å². The van der Waals surface area contributed by atoms with Crippen LogP contribution in [0.2, 0.25) is 0 Å². The van der Waals surface area contributed by atoms with Crippen molar-refractivity contribution < 1.29 is 14.3 Å². The van der Waals surface area contributed by atoms with Crippen LogP contribution in [0.3, 0.4) is 0 Å². The molecule has 0 saturated carbocycles. The monoisotopic (exact) mass is 172 g/mol. The first-order chi connectivity index (χ1) is 5.76. The van der Waals surface area contributed by atoms with Crippen molar-refractivity contribution in [1.82, 2.24) is 0 Å². The Morgan fingerprint density at radius 1 is 1.50 bits per heavy atom. The maximum absolute atomic E-state index is 11.1. The first-order valence-corrected chi connectivity index (χ1v) is 4.36.